The summed E-state index contributed by atoms with van der Waals surface area (Å²) in [5.74, 6) is -0.328. The molecule has 0 spiro atoms. The maximum absolute atomic E-state index is 11.9. The minimum atomic E-state index is -0.238. The van der Waals surface area contributed by atoms with Crippen LogP contribution in [0.25, 0.3) is 10.9 Å². The predicted octanol–water partition coefficient (Wildman–Crippen LogP) is 1.68. The minimum Gasteiger partial charge on any atom is -0.347 e. The van der Waals surface area contributed by atoms with Crippen molar-refractivity contribution in [2.45, 2.75) is 13.5 Å². The first-order valence-corrected chi connectivity index (χ1v) is 7.22. The van der Waals surface area contributed by atoms with Crippen molar-refractivity contribution in [1.82, 2.24) is 9.47 Å². The molecule has 1 atom stereocenters. The lowest BCUT2D eigenvalue weighted by Gasteiger charge is -2.13. The maximum atomic E-state index is 11.9. The number of amides is 2. The Morgan fingerprint density at radius 3 is 2.61 bits per heavy atom. The third kappa shape index (κ3) is 4.46. The Kier molecular flexibility index (Phi) is 6.60. The van der Waals surface area contributed by atoms with Gasteiger partial charge >= 0.3 is 0 Å². The summed E-state index contributed by atoms with van der Waals surface area (Å²) in [4.78, 5) is 25.3. The fourth-order valence-corrected chi connectivity index (χ4v) is 2.06. The van der Waals surface area contributed by atoms with Crippen molar-refractivity contribution >= 4 is 40.8 Å². The highest BCUT2D eigenvalue weighted by atomic mass is 35.5. The van der Waals surface area contributed by atoms with E-state index in [2.05, 4.69) is 5.32 Å². The molecule has 2 rings (SSSR count). The van der Waals surface area contributed by atoms with E-state index in [0.29, 0.717) is 12.2 Å². The number of halogens is 1. The Morgan fingerprint density at radius 2 is 2.00 bits per heavy atom. The topological polar surface area (TPSA) is 80.4 Å². The molecule has 0 saturated heterocycles. The first kappa shape index (κ1) is 19.0. The zero-order chi connectivity index (χ0) is 16.3. The van der Waals surface area contributed by atoms with E-state index in [1.54, 1.807) is 25.9 Å². The predicted molar refractivity (Wildman–Crippen MR) is 94.7 cm³/mol. The molecule has 1 aromatic heterocycles. The maximum Gasteiger partial charge on any atom is 0.241 e. The van der Waals surface area contributed by atoms with E-state index in [1.165, 1.54) is 0 Å². The molecule has 126 valence electrons. The normalized spacial score (nSPS) is 11.7. The van der Waals surface area contributed by atoms with Crippen LogP contribution in [0, 0.1) is 5.92 Å². The fraction of sp³-hybridized carbons (Fsp3) is 0.375. The van der Waals surface area contributed by atoms with Crippen molar-refractivity contribution in [3.05, 3.63) is 30.5 Å². The molecule has 0 bridgehead atoms. The average Bonchev–Trinajstić information content (AvgIpc) is 2.88. The van der Waals surface area contributed by atoms with Gasteiger partial charge in [-0.3, -0.25) is 9.59 Å². The molecule has 1 unspecified atom stereocenters. The lowest BCUT2D eigenvalue weighted by atomic mass is 10.1. The summed E-state index contributed by atoms with van der Waals surface area (Å²) in [6, 6.07) is 7.60. The third-order valence-electron chi connectivity index (χ3n) is 3.65. The van der Waals surface area contributed by atoms with E-state index in [-0.39, 0.29) is 36.7 Å². The second-order valence-corrected chi connectivity index (χ2v) is 5.63. The molecule has 0 aliphatic heterocycles. The van der Waals surface area contributed by atoms with Gasteiger partial charge in [0, 0.05) is 38.4 Å². The minimum absolute atomic E-state index is 0. The molecule has 0 fully saturated rings. The van der Waals surface area contributed by atoms with Crippen molar-refractivity contribution < 1.29 is 9.59 Å². The lowest BCUT2D eigenvalue weighted by molar-refractivity contribution is -0.129. The van der Waals surface area contributed by atoms with E-state index < -0.39 is 0 Å². The number of likely N-dealkylation sites (N-methyl/N-ethyl adjacent to an activating group) is 1. The smallest absolute Gasteiger partial charge is 0.241 e. The number of anilines is 1. The van der Waals surface area contributed by atoms with Crippen molar-refractivity contribution in [3.63, 3.8) is 0 Å². The van der Waals surface area contributed by atoms with Crippen LogP contribution >= 0.6 is 12.4 Å². The lowest BCUT2D eigenvalue weighted by Crippen LogP contribution is -2.26. The molecule has 2 amide bonds. The zero-order valence-corrected chi connectivity index (χ0v) is 14.4. The van der Waals surface area contributed by atoms with E-state index in [0.717, 1.165) is 10.9 Å². The number of rotatable bonds is 5. The van der Waals surface area contributed by atoms with Crippen LogP contribution in [-0.2, 0) is 16.1 Å². The molecule has 1 aromatic carbocycles. The second kappa shape index (κ2) is 7.99. The van der Waals surface area contributed by atoms with Gasteiger partial charge in [-0.05, 0) is 23.6 Å². The van der Waals surface area contributed by atoms with E-state index in [1.807, 2.05) is 35.0 Å². The fourth-order valence-electron chi connectivity index (χ4n) is 2.06. The highest BCUT2D eigenvalue weighted by Crippen LogP contribution is 2.21. The van der Waals surface area contributed by atoms with E-state index >= 15 is 0 Å². The molecular formula is C16H23ClN4O2. The molecule has 23 heavy (non-hydrogen) atoms. The number of carbonyl (C=O) groups is 2. The second-order valence-electron chi connectivity index (χ2n) is 5.63. The number of hydrogen-bond acceptors (Lipinski definition) is 3. The Labute approximate surface area is 142 Å². The van der Waals surface area contributed by atoms with Crippen LogP contribution in [0.1, 0.15) is 6.92 Å². The summed E-state index contributed by atoms with van der Waals surface area (Å²) < 4.78 is 1.87. The molecule has 0 radical (unpaired) electrons. The van der Waals surface area contributed by atoms with Crippen molar-refractivity contribution in [2.75, 3.05) is 26.0 Å². The van der Waals surface area contributed by atoms with Gasteiger partial charge in [-0.2, -0.15) is 0 Å². The standard InChI is InChI=1S/C16H22N4O2.ClH/c1-11(9-17)16(22)18-13-5-4-12-6-7-20(14(12)8-13)10-15(21)19(2)3;/h4-8,11H,9-10,17H2,1-3H3,(H,18,22);1H. The van der Waals surface area contributed by atoms with Crippen LogP contribution in [-0.4, -0.2) is 41.9 Å². The van der Waals surface area contributed by atoms with Crippen molar-refractivity contribution in [1.29, 1.82) is 0 Å². The number of carbonyl (C=O) groups excluding carboxylic acids is 2. The molecule has 0 aliphatic carbocycles. The van der Waals surface area contributed by atoms with Gasteiger partial charge < -0.3 is 20.5 Å². The summed E-state index contributed by atoms with van der Waals surface area (Å²) in [7, 11) is 3.46. The first-order chi connectivity index (χ1) is 10.4. The van der Waals surface area contributed by atoms with Crippen LogP contribution in [0.5, 0.6) is 0 Å². The average molecular weight is 339 g/mol. The Bertz CT molecular complexity index is 696. The van der Waals surface area contributed by atoms with Crippen LogP contribution in [0.15, 0.2) is 30.5 Å². The molecule has 2 aromatic rings. The van der Waals surface area contributed by atoms with Gasteiger partial charge in [-0.1, -0.05) is 13.0 Å². The zero-order valence-electron chi connectivity index (χ0n) is 13.6. The van der Waals surface area contributed by atoms with Gasteiger partial charge in [0.25, 0.3) is 0 Å². The number of fused-ring (bicyclic) bond motifs is 1. The van der Waals surface area contributed by atoms with Gasteiger partial charge in [-0.25, -0.2) is 0 Å². The summed E-state index contributed by atoms with van der Waals surface area (Å²) in [6.07, 6.45) is 1.88. The van der Waals surface area contributed by atoms with Gasteiger partial charge in [0.05, 0.1) is 5.52 Å². The molecule has 0 aliphatic rings. The van der Waals surface area contributed by atoms with Crippen LogP contribution in [0.2, 0.25) is 0 Å². The highest BCUT2D eigenvalue weighted by molar-refractivity contribution is 5.95. The summed E-state index contributed by atoms with van der Waals surface area (Å²) >= 11 is 0. The molecular weight excluding hydrogens is 316 g/mol. The van der Waals surface area contributed by atoms with Crippen LogP contribution in [0.4, 0.5) is 5.69 Å². The van der Waals surface area contributed by atoms with Crippen LogP contribution < -0.4 is 11.1 Å². The van der Waals surface area contributed by atoms with Gasteiger partial charge in [0.2, 0.25) is 11.8 Å². The number of hydrogen-bond donors (Lipinski definition) is 2. The number of benzene rings is 1. The number of nitrogens with one attached hydrogen (secondary N) is 1. The Balaban J connectivity index is 0.00000264. The molecule has 0 saturated carbocycles. The molecule has 3 N–H and O–H groups in total. The molecule has 1 heterocycles. The number of aromatic nitrogens is 1. The molecule has 7 heteroatoms. The highest BCUT2D eigenvalue weighted by Gasteiger charge is 2.12. The van der Waals surface area contributed by atoms with Crippen molar-refractivity contribution in [2.24, 2.45) is 11.7 Å². The van der Waals surface area contributed by atoms with E-state index in [4.69, 9.17) is 5.73 Å². The third-order valence-corrected chi connectivity index (χ3v) is 3.65. The summed E-state index contributed by atoms with van der Waals surface area (Å²) in [5, 5.41) is 3.87. The first-order valence-electron chi connectivity index (χ1n) is 7.22. The largest absolute Gasteiger partial charge is 0.347 e. The monoisotopic (exact) mass is 338 g/mol. The van der Waals surface area contributed by atoms with Gasteiger partial charge in [0.15, 0.2) is 0 Å². The van der Waals surface area contributed by atoms with Crippen molar-refractivity contribution in [3.8, 4) is 0 Å². The SMILES string of the molecule is CC(CN)C(=O)Nc1ccc2ccn(CC(=O)N(C)C)c2c1.Cl. The summed E-state index contributed by atoms with van der Waals surface area (Å²) in [5.41, 5.74) is 7.12. The van der Waals surface area contributed by atoms with Crippen LogP contribution in [0.3, 0.4) is 0 Å². The Morgan fingerprint density at radius 1 is 1.30 bits per heavy atom. The van der Waals surface area contributed by atoms with E-state index in [9.17, 15) is 9.59 Å². The quantitative estimate of drug-likeness (QED) is 0.870. The number of nitrogens with zero attached hydrogens (tertiary/aromatic N) is 2. The Hall–Kier alpha value is -2.05. The van der Waals surface area contributed by atoms with Gasteiger partial charge in [-0.15, -0.1) is 12.4 Å². The van der Waals surface area contributed by atoms with Gasteiger partial charge in [0.1, 0.15) is 6.54 Å². The number of nitrogens with two attached hydrogens (primary N) is 1. The molecule has 6 nitrogen and oxygen atoms in total. The summed E-state index contributed by atoms with van der Waals surface area (Å²) in [6.45, 7) is 2.36.